The Morgan fingerprint density at radius 2 is 2.21 bits per heavy atom. The van der Waals surface area contributed by atoms with Crippen LogP contribution in [0.3, 0.4) is 0 Å². The van der Waals surface area contributed by atoms with Crippen LogP contribution in [0.15, 0.2) is 11.4 Å². The maximum atomic E-state index is 4.00. The summed E-state index contributed by atoms with van der Waals surface area (Å²) in [6, 6.07) is 2.19. The molecule has 3 nitrogen and oxygen atoms in total. The van der Waals surface area contributed by atoms with Crippen molar-refractivity contribution in [2.24, 2.45) is 0 Å². The molecule has 0 aromatic carbocycles. The van der Waals surface area contributed by atoms with Crippen LogP contribution >= 0.6 is 22.7 Å². The number of nitrogens with zero attached hydrogens (tertiary/aromatic N) is 2. The van der Waals surface area contributed by atoms with E-state index in [-0.39, 0.29) is 0 Å². The average Bonchev–Trinajstić information content (AvgIpc) is 2.72. The van der Waals surface area contributed by atoms with Gasteiger partial charge in [0.25, 0.3) is 0 Å². The quantitative estimate of drug-likeness (QED) is 0.873. The molecule has 1 N–H and O–H groups in total. The van der Waals surface area contributed by atoms with Crippen LogP contribution in [0.5, 0.6) is 0 Å². The van der Waals surface area contributed by atoms with Crippen molar-refractivity contribution in [1.29, 1.82) is 0 Å². The van der Waals surface area contributed by atoms with Crippen molar-refractivity contribution in [2.75, 3.05) is 5.32 Å². The smallest absolute Gasteiger partial charge is 0.205 e. The molecule has 0 fully saturated rings. The average molecular weight is 225 g/mol. The van der Waals surface area contributed by atoms with Crippen LogP contribution in [-0.4, -0.2) is 10.2 Å². The Morgan fingerprint density at radius 1 is 1.36 bits per heavy atom. The van der Waals surface area contributed by atoms with Gasteiger partial charge in [-0.3, -0.25) is 0 Å². The number of thiophene rings is 1. The highest BCUT2D eigenvalue weighted by molar-refractivity contribution is 7.15. The van der Waals surface area contributed by atoms with Gasteiger partial charge in [-0.25, -0.2) is 0 Å². The molecule has 5 heteroatoms. The van der Waals surface area contributed by atoms with Gasteiger partial charge >= 0.3 is 0 Å². The molecule has 74 valence electrons. The summed E-state index contributed by atoms with van der Waals surface area (Å²) < 4.78 is 0. The van der Waals surface area contributed by atoms with Crippen LogP contribution in [0.2, 0.25) is 0 Å². The van der Waals surface area contributed by atoms with Crippen molar-refractivity contribution in [1.82, 2.24) is 10.2 Å². The number of hydrogen-bond donors (Lipinski definition) is 1. The van der Waals surface area contributed by atoms with E-state index in [9.17, 15) is 0 Å². The minimum absolute atomic E-state index is 0.832. The van der Waals surface area contributed by atoms with Gasteiger partial charge in [-0.15, -0.1) is 21.5 Å². The highest BCUT2D eigenvalue weighted by atomic mass is 32.1. The van der Waals surface area contributed by atoms with Crippen LogP contribution in [0.25, 0.3) is 0 Å². The fourth-order valence-electron chi connectivity index (χ4n) is 1.14. The van der Waals surface area contributed by atoms with Gasteiger partial charge in [0, 0.05) is 11.4 Å². The van der Waals surface area contributed by atoms with Crippen molar-refractivity contribution in [3.8, 4) is 0 Å². The van der Waals surface area contributed by atoms with Crippen molar-refractivity contribution in [2.45, 2.75) is 20.4 Å². The lowest BCUT2D eigenvalue weighted by atomic mass is 10.3. The molecule has 0 spiro atoms. The third-order valence-corrected chi connectivity index (χ3v) is 3.46. The molecule has 0 radical (unpaired) electrons. The normalized spacial score (nSPS) is 10.4. The third-order valence-electron chi connectivity index (χ3n) is 1.75. The first-order valence-corrected chi connectivity index (χ1v) is 6.01. The topological polar surface area (TPSA) is 37.8 Å². The molecule has 0 aliphatic rings. The van der Waals surface area contributed by atoms with Crippen molar-refractivity contribution >= 4 is 27.8 Å². The van der Waals surface area contributed by atoms with Crippen LogP contribution in [0, 0.1) is 13.8 Å². The fourth-order valence-corrected chi connectivity index (χ4v) is 2.43. The van der Waals surface area contributed by atoms with Crippen molar-refractivity contribution < 1.29 is 0 Å². The Bertz CT molecular complexity index is 379. The molecule has 0 aliphatic carbocycles. The first-order chi connectivity index (χ1) is 6.74. The molecule has 0 saturated heterocycles. The molecule has 0 aliphatic heterocycles. The van der Waals surface area contributed by atoms with Gasteiger partial charge < -0.3 is 5.32 Å². The SMILES string of the molecule is Cc1cc(CNc2nnc(C)s2)cs1. The van der Waals surface area contributed by atoms with Gasteiger partial charge in [0.1, 0.15) is 5.01 Å². The highest BCUT2D eigenvalue weighted by Gasteiger charge is 2.00. The molecule has 0 unspecified atom stereocenters. The van der Waals surface area contributed by atoms with Gasteiger partial charge in [0.2, 0.25) is 5.13 Å². The number of rotatable bonds is 3. The lowest BCUT2D eigenvalue weighted by molar-refractivity contribution is 1.03. The summed E-state index contributed by atoms with van der Waals surface area (Å²) in [5.74, 6) is 0. The molecular formula is C9H11N3S2. The molecule has 2 heterocycles. The molecule has 14 heavy (non-hydrogen) atoms. The van der Waals surface area contributed by atoms with Gasteiger partial charge in [-0.1, -0.05) is 11.3 Å². The van der Waals surface area contributed by atoms with E-state index < -0.39 is 0 Å². The first-order valence-electron chi connectivity index (χ1n) is 4.32. The Balaban J connectivity index is 1.94. The van der Waals surface area contributed by atoms with E-state index in [1.165, 1.54) is 10.4 Å². The van der Waals surface area contributed by atoms with E-state index in [0.29, 0.717) is 0 Å². The summed E-state index contributed by atoms with van der Waals surface area (Å²) in [7, 11) is 0. The summed E-state index contributed by atoms with van der Waals surface area (Å²) >= 11 is 3.36. The third kappa shape index (κ3) is 2.30. The Labute approximate surface area is 90.8 Å². The second kappa shape index (κ2) is 4.06. The van der Waals surface area contributed by atoms with E-state index >= 15 is 0 Å². The summed E-state index contributed by atoms with van der Waals surface area (Å²) in [6.45, 7) is 4.90. The number of hydrogen-bond acceptors (Lipinski definition) is 5. The zero-order valence-electron chi connectivity index (χ0n) is 8.07. The second-order valence-electron chi connectivity index (χ2n) is 3.05. The predicted molar refractivity (Wildman–Crippen MR) is 61.0 cm³/mol. The molecule has 0 saturated carbocycles. The monoisotopic (exact) mass is 225 g/mol. The largest absolute Gasteiger partial charge is 0.356 e. The van der Waals surface area contributed by atoms with E-state index in [0.717, 1.165) is 16.7 Å². The van der Waals surface area contributed by atoms with Gasteiger partial charge in [0.15, 0.2) is 0 Å². The number of anilines is 1. The maximum absolute atomic E-state index is 4.00. The van der Waals surface area contributed by atoms with Crippen molar-refractivity contribution in [3.63, 3.8) is 0 Å². The molecule has 0 atom stereocenters. The van der Waals surface area contributed by atoms with Crippen molar-refractivity contribution in [3.05, 3.63) is 26.9 Å². The summed E-state index contributed by atoms with van der Waals surface area (Å²) in [4.78, 5) is 1.34. The molecule has 0 amide bonds. The van der Waals surface area contributed by atoms with Gasteiger partial charge in [-0.05, 0) is 30.9 Å². The van der Waals surface area contributed by atoms with Gasteiger partial charge in [-0.2, -0.15) is 0 Å². The standard InChI is InChI=1S/C9H11N3S2/c1-6-3-8(5-13-6)4-10-9-12-11-7(2)14-9/h3,5H,4H2,1-2H3,(H,10,12). The summed E-state index contributed by atoms with van der Waals surface area (Å²) in [5, 5.41) is 15.2. The van der Waals surface area contributed by atoms with Crippen LogP contribution in [0.4, 0.5) is 5.13 Å². The van der Waals surface area contributed by atoms with E-state index in [2.05, 4.69) is 33.9 Å². The summed E-state index contributed by atoms with van der Waals surface area (Å²) in [5.41, 5.74) is 1.31. The molecule has 2 aromatic rings. The fraction of sp³-hybridized carbons (Fsp3) is 0.333. The lowest BCUT2D eigenvalue weighted by Gasteiger charge is -1.97. The molecule has 2 rings (SSSR count). The highest BCUT2D eigenvalue weighted by Crippen LogP contribution is 2.17. The Kier molecular flexibility index (Phi) is 2.79. The number of aryl methyl sites for hydroxylation is 2. The molecule has 2 aromatic heterocycles. The predicted octanol–water partition coefficient (Wildman–Crippen LogP) is 2.83. The number of nitrogens with one attached hydrogen (secondary N) is 1. The number of aromatic nitrogens is 2. The van der Waals surface area contributed by atoms with Crippen LogP contribution < -0.4 is 5.32 Å². The molecular weight excluding hydrogens is 214 g/mol. The van der Waals surface area contributed by atoms with Crippen LogP contribution in [0.1, 0.15) is 15.4 Å². The van der Waals surface area contributed by atoms with E-state index in [1.54, 1.807) is 22.7 Å². The van der Waals surface area contributed by atoms with E-state index in [4.69, 9.17) is 0 Å². The minimum Gasteiger partial charge on any atom is -0.356 e. The maximum Gasteiger partial charge on any atom is 0.205 e. The van der Waals surface area contributed by atoms with Gasteiger partial charge in [0.05, 0.1) is 0 Å². The van der Waals surface area contributed by atoms with E-state index in [1.807, 2.05) is 6.92 Å². The zero-order valence-corrected chi connectivity index (χ0v) is 9.71. The Hall–Kier alpha value is -0.940. The lowest BCUT2D eigenvalue weighted by Crippen LogP contribution is -1.97. The Morgan fingerprint density at radius 3 is 2.79 bits per heavy atom. The summed E-state index contributed by atoms with van der Waals surface area (Å²) in [6.07, 6.45) is 0. The first kappa shape index (κ1) is 9.61. The zero-order chi connectivity index (χ0) is 9.97. The second-order valence-corrected chi connectivity index (χ2v) is 5.34. The minimum atomic E-state index is 0.832. The molecule has 0 bridgehead atoms. The van der Waals surface area contributed by atoms with Crippen LogP contribution in [-0.2, 0) is 6.54 Å².